The first-order chi connectivity index (χ1) is 10.3. The van der Waals surface area contributed by atoms with E-state index in [1.165, 1.54) is 17.0 Å². The molecule has 21 heavy (non-hydrogen) atoms. The molecule has 2 N–H and O–H groups in total. The third-order valence-corrected chi connectivity index (χ3v) is 4.07. The number of hydrogen-bond donors (Lipinski definition) is 2. The largest absolute Gasteiger partial charge is 0.361 e. The lowest BCUT2D eigenvalue weighted by atomic mass is 10.0. The zero-order valence-corrected chi connectivity index (χ0v) is 11.5. The molecule has 3 heteroatoms. The lowest BCUT2D eigenvalue weighted by Crippen LogP contribution is -1.89. The number of para-hydroxylation sites is 1. The van der Waals surface area contributed by atoms with E-state index >= 15 is 0 Å². The molecule has 0 aliphatic carbocycles. The maximum atomic E-state index is 13.4. The van der Waals surface area contributed by atoms with Crippen LogP contribution in [0.25, 0.3) is 21.8 Å². The number of H-pyrrole nitrogens is 2. The van der Waals surface area contributed by atoms with E-state index in [4.69, 9.17) is 0 Å². The number of nitrogens with one attached hydrogen (secondary N) is 2. The van der Waals surface area contributed by atoms with Gasteiger partial charge in [-0.25, -0.2) is 4.39 Å². The quantitative estimate of drug-likeness (QED) is 0.550. The number of aromatic amines is 2. The van der Waals surface area contributed by atoms with Crippen LogP contribution in [-0.4, -0.2) is 9.97 Å². The van der Waals surface area contributed by atoms with Crippen LogP contribution in [0.15, 0.2) is 54.9 Å². The molecule has 104 valence electrons. The van der Waals surface area contributed by atoms with Gasteiger partial charge in [-0.3, -0.25) is 0 Å². The Balaban J connectivity index is 1.65. The minimum Gasteiger partial charge on any atom is -0.361 e. The van der Waals surface area contributed by atoms with Crippen molar-refractivity contribution >= 4 is 21.8 Å². The Morgan fingerprint density at radius 1 is 0.762 bits per heavy atom. The van der Waals surface area contributed by atoms with Crippen LogP contribution in [0.1, 0.15) is 11.1 Å². The summed E-state index contributed by atoms with van der Waals surface area (Å²) in [5.41, 5.74) is 4.62. The van der Waals surface area contributed by atoms with E-state index in [1.807, 2.05) is 12.3 Å². The lowest BCUT2D eigenvalue weighted by molar-refractivity contribution is 0.629. The van der Waals surface area contributed by atoms with Gasteiger partial charge in [0, 0.05) is 34.2 Å². The third kappa shape index (κ3) is 2.11. The van der Waals surface area contributed by atoms with Gasteiger partial charge in [0.15, 0.2) is 0 Å². The Morgan fingerprint density at radius 2 is 1.43 bits per heavy atom. The van der Waals surface area contributed by atoms with E-state index in [0.29, 0.717) is 0 Å². The minimum atomic E-state index is -0.185. The lowest BCUT2D eigenvalue weighted by Gasteiger charge is -2.00. The van der Waals surface area contributed by atoms with Crippen molar-refractivity contribution in [1.82, 2.24) is 9.97 Å². The third-order valence-electron chi connectivity index (χ3n) is 4.07. The second-order valence-corrected chi connectivity index (χ2v) is 5.36. The molecule has 0 bridgehead atoms. The first kappa shape index (κ1) is 12.2. The van der Waals surface area contributed by atoms with Crippen LogP contribution < -0.4 is 0 Å². The summed E-state index contributed by atoms with van der Waals surface area (Å²) >= 11 is 0. The van der Waals surface area contributed by atoms with Gasteiger partial charge in [-0.2, -0.15) is 0 Å². The molecular weight excluding hydrogens is 263 g/mol. The first-order valence-corrected chi connectivity index (χ1v) is 7.12. The van der Waals surface area contributed by atoms with Gasteiger partial charge in [-0.15, -0.1) is 0 Å². The highest BCUT2D eigenvalue weighted by molar-refractivity contribution is 5.84. The molecule has 0 amide bonds. The average Bonchev–Trinajstić information content (AvgIpc) is 3.09. The molecule has 0 spiro atoms. The van der Waals surface area contributed by atoms with Crippen molar-refractivity contribution < 1.29 is 4.39 Å². The highest BCUT2D eigenvalue weighted by Gasteiger charge is 2.07. The second kappa shape index (κ2) is 4.77. The van der Waals surface area contributed by atoms with Crippen LogP contribution in [0.4, 0.5) is 4.39 Å². The van der Waals surface area contributed by atoms with Gasteiger partial charge in [-0.1, -0.05) is 18.2 Å². The standard InChI is InChI=1S/C18H15FN2/c19-14-7-8-18-16(9-14)13(11-21-18)6-5-12-10-20-17-4-2-1-3-15(12)17/h1-4,7-11,20-21H,5-6H2. The van der Waals surface area contributed by atoms with Crippen LogP contribution in [0.2, 0.25) is 0 Å². The number of benzene rings is 2. The van der Waals surface area contributed by atoms with E-state index < -0.39 is 0 Å². The second-order valence-electron chi connectivity index (χ2n) is 5.36. The summed E-state index contributed by atoms with van der Waals surface area (Å²) in [6.45, 7) is 0. The van der Waals surface area contributed by atoms with E-state index in [-0.39, 0.29) is 5.82 Å². The molecule has 2 aromatic heterocycles. The summed E-state index contributed by atoms with van der Waals surface area (Å²) < 4.78 is 13.4. The Hall–Kier alpha value is -2.55. The fourth-order valence-corrected chi connectivity index (χ4v) is 2.97. The van der Waals surface area contributed by atoms with Crippen molar-refractivity contribution in [2.24, 2.45) is 0 Å². The summed E-state index contributed by atoms with van der Waals surface area (Å²) in [6.07, 6.45) is 5.89. The first-order valence-electron chi connectivity index (χ1n) is 7.12. The Kier molecular flexibility index (Phi) is 2.78. The van der Waals surface area contributed by atoms with Gasteiger partial charge < -0.3 is 9.97 Å². The number of hydrogen-bond acceptors (Lipinski definition) is 0. The van der Waals surface area contributed by atoms with Gasteiger partial charge in [0.1, 0.15) is 5.82 Å². The van der Waals surface area contributed by atoms with Gasteiger partial charge >= 0.3 is 0 Å². The fraction of sp³-hybridized carbons (Fsp3) is 0.111. The van der Waals surface area contributed by atoms with Crippen molar-refractivity contribution in [2.45, 2.75) is 12.8 Å². The van der Waals surface area contributed by atoms with Crippen LogP contribution in [0.3, 0.4) is 0 Å². The van der Waals surface area contributed by atoms with Crippen molar-refractivity contribution in [3.05, 3.63) is 71.8 Å². The fourth-order valence-electron chi connectivity index (χ4n) is 2.97. The molecule has 0 atom stereocenters. The zero-order chi connectivity index (χ0) is 14.2. The Labute approximate surface area is 121 Å². The Bertz CT molecular complexity index is 917. The average molecular weight is 278 g/mol. The zero-order valence-electron chi connectivity index (χ0n) is 11.5. The number of aromatic nitrogens is 2. The SMILES string of the molecule is Fc1ccc2[nH]cc(CCc3c[nH]c4ccccc34)c2c1. The highest BCUT2D eigenvalue weighted by atomic mass is 19.1. The molecule has 0 unspecified atom stereocenters. The molecule has 2 heterocycles. The van der Waals surface area contributed by atoms with Crippen molar-refractivity contribution in [3.63, 3.8) is 0 Å². The molecule has 4 aromatic rings. The topological polar surface area (TPSA) is 31.6 Å². The van der Waals surface area contributed by atoms with Crippen LogP contribution >= 0.6 is 0 Å². The summed E-state index contributed by atoms with van der Waals surface area (Å²) in [5.74, 6) is -0.185. The van der Waals surface area contributed by atoms with Crippen LogP contribution in [0, 0.1) is 5.82 Å². The molecular formula is C18H15FN2. The van der Waals surface area contributed by atoms with Gasteiger partial charge in [0.05, 0.1) is 0 Å². The summed E-state index contributed by atoms with van der Waals surface area (Å²) in [7, 11) is 0. The molecule has 0 fully saturated rings. The van der Waals surface area contributed by atoms with Gasteiger partial charge in [-0.05, 0) is 48.2 Å². The number of halogens is 1. The molecule has 2 aromatic carbocycles. The molecule has 0 aliphatic heterocycles. The highest BCUT2D eigenvalue weighted by Crippen LogP contribution is 2.23. The van der Waals surface area contributed by atoms with Gasteiger partial charge in [0.25, 0.3) is 0 Å². The van der Waals surface area contributed by atoms with Crippen molar-refractivity contribution in [1.29, 1.82) is 0 Å². The Morgan fingerprint density at radius 3 is 2.24 bits per heavy atom. The monoisotopic (exact) mass is 278 g/mol. The van der Waals surface area contributed by atoms with Crippen molar-refractivity contribution in [3.8, 4) is 0 Å². The van der Waals surface area contributed by atoms with Crippen molar-refractivity contribution in [2.75, 3.05) is 0 Å². The van der Waals surface area contributed by atoms with E-state index in [2.05, 4.69) is 34.4 Å². The summed E-state index contributed by atoms with van der Waals surface area (Å²) in [4.78, 5) is 6.50. The maximum absolute atomic E-state index is 13.4. The van der Waals surface area contributed by atoms with E-state index in [1.54, 1.807) is 12.1 Å². The normalized spacial score (nSPS) is 11.5. The predicted octanol–water partition coefficient (Wildman–Crippen LogP) is 4.57. The van der Waals surface area contributed by atoms with Crippen LogP contribution in [0.5, 0.6) is 0 Å². The van der Waals surface area contributed by atoms with E-state index in [9.17, 15) is 4.39 Å². The predicted molar refractivity (Wildman–Crippen MR) is 84.0 cm³/mol. The minimum absolute atomic E-state index is 0.185. The number of rotatable bonds is 3. The summed E-state index contributed by atoms with van der Waals surface area (Å²) in [5, 5.41) is 2.25. The molecule has 0 aliphatic rings. The number of aryl methyl sites for hydroxylation is 2. The number of fused-ring (bicyclic) bond motifs is 2. The molecule has 2 nitrogen and oxygen atoms in total. The molecule has 4 rings (SSSR count). The van der Waals surface area contributed by atoms with E-state index in [0.717, 1.165) is 34.8 Å². The molecule has 0 saturated heterocycles. The summed E-state index contributed by atoms with van der Waals surface area (Å²) in [6, 6.07) is 13.2. The maximum Gasteiger partial charge on any atom is 0.123 e. The molecule has 0 saturated carbocycles. The van der Waals surface area contributed by atoms with Crippen LogP contribution in [-0.2, 0) is 12.8 Å². The smallest absolute Gasteiger partial charge is 0.123 e. The van der Waals surface area contributed by atoms with Gasteiger partial charge in [0.2, 0.25) is 0 Å². The molecule has 0 radical (unpaired) electrons.